The van der Waals surface area contributed by atoms with Crippen molar-refractivity contribution >= 4 is 11.9 Å². The second-order valence-corrected chi connectivity index (χ2v) is 6.99. The van der Waals surface area contributed by atoms with E-state index in [0.717, 1.165) is 37.6 Å². The van der Waals surface area contributed by atoms with Gasteiger partial charge in [0.2, 0.25) is 0 Å². The molecular formula is C23H32N4O. The van der Waals surface area contributed by atoms with Crippen LogP contribution in [0.3, 0.4) is 0 Å². The van der Waals surface area contributed by atoms with Crippen LogP contribution < -0.4 is 16.0 Å². The molecule has 0 bridgehead atoms. The number of aliphatic imine (C=N–C) groups is 1. The Hall–Kier alpha value is -2.82. The Kier molecular flexibility index (Phi) is 8.53. The third-order valence-corrected chi connectivity index (χ3v) is 4.60. The second-order valence-electron chi connectivity index (χ2n) is 6.99. The van der Waals surface area contributed by atoms with Gasteiger partial charge in [0.1, 0.15) is 0 Å². The molecule has 0 aliphatic heterocycles. The molecule has 2 aromatic carbocycles. The molecular weight excluding hydrogens is 348 g/mol. The van der Waals surface area contributed by atoms with Crippen LogP contribution in [0.15, 0.2) is 53.5 Å². The van der Waals surface area contributed by atoms with Gasteiger partial charge in [0.05, 0.1) is 0 Å². The molecule has 3 N–H and O–H groups in total. The van der Waals surface area contributed by atoms with E-state index in [1.165, 1.54) is 11.1 Å². The zero-order valence-corrected chi connectivity index (χ0v) is 17.4. The quantitative estimate of drug-likeness (QED) is 0.486. The summed E-state index contributed by atoms with van der Waals surface area (Å²) in [5.74, 6) is 1.12. The van der Waals surface area contributed by atoms with Crippen LogP contribution in [-0.2, 0) is 6.42 Å². The van der Waals surface area contributed by atoms with Crippen molar-refractivity contribution in [3.8, 4) is 0 Å². The maximum atomic E-state index is 11.8. The van der Waals surface area contributed by atoms with Crippen molar-refractivity contribution < 1.29 is 4.79 Å². The second kappa shape index (κ2) is 11.1. The number of benzene rings is 2. The maximum Gasteiger partial charge on any atom is 0.251 e. The number of carbonyl (C=O) groups excluding carboxylic acids is 1. The minimum Gasteiger partial charge on any atom is -0.357 e. The van der Waals surface area contributed by atoms with Crippen molar-refractivity contribution in [2.24, 2.45) is 4.99 Å². The monoisotopic (exact) mass is 380 g/mol. The van der Waals surface area contributed by atoms with E-state index >= 15 is 0 Å². The lowest BCUT2D eigenvalue weighted by Gasteiger charge is -2.14. The summed E-state index contributed by atoms with van der Waals surface area (Å²) in [6.45, 7) is 8.67. The Morgan fingerprint density at radius 2 is 1.89 bits per heavy atom. The van der Waals surface area contributed by atoms with Crippen LogP contribution in [0.1, 0.15) is 46.8 Å². The smallest absolute Gasteiger partial charge is 0.251 e. The van der Waals surface area contributed by atoms with Crippen LogP contribution in [0.25, 0.3) is 0 Å². The van der Waals surface area contributed by atoms with Gasteiger partial charge in [-0.3, -0.25) is 9.79 Å². The van der Waals surface area contributed by atoms with Crippen LogP contribution in [0.4, 0.5) is 0 Å². The number of nitrogens with zero attached hydrogens (tertiary/aromatic N) is 1. The molecule has 5 heteroatoms. The van der Waals surface area contributed by atoms with Crippen LogP contribution >= 0.6 is 0 Å². The first-order valence-electron chi connectivity index (χ1n) is 9.93. The van der Waals surface area contributed by atoms with Gasteiger partial charge in [0.15, 0.2) is 5.96 Å². The average molecular weight is 381 g/mol. The fourth-order valence-electron chi connectivity index (χ4n) is 2.99. The van der Waals surface area contributed by atoms with Gasteiger partial charge in [-0.25, -0.2) is 0 Å². The lowest BCUT2D eigenvalue weighted by atomic mass is 10.00. The number of rotatable bonds is 8. The Morgan fingerprint density at radius 3 is 2.61 bits per heavy atom. The number of hydrogen-bond acceptors (Lipinski definition) is 2. The van der Waals surface area contributed by atoms with Crippen molar-refractivity contribution in [1.82, 2.24) is 16.0 Å². The Balaban J connectivity index is 1.91. The first-order chi connectivity index (χ1) is 13.5. The summed E-state index contributed by atoms with van der Waals surface area (Å²) in [5, 5.41) is 9.35. The van der Waals surface area contributed by atoms with Crippen molar-refractivity contribution in [2.75, 3.05) is 26.7 Å². The van der Waals surface area contributed by atoms with Gasteiger partial charge in [-0.2, -0.15) is 0 Å². The molecule has 0 saturated carbocycles. The topological polar surface area (TPSA) is 65.5 Å². The molecule has 1 atom stereocenters. The summed E-state index contributed by atoms with van der Waals surface area (Å²) in [5.41, 5.74) is 4.40. The molecule has 1 unspecified atom stereocenters. The predicted octanol–water partition coefficient (Wildman–Crippen LogP) is 3.26. The Labute approximate surface area is 168 Å². The zero-order valence-electron chi connectivity index (χ0n) is 17.4. The van der Waals surface area contributed by atoms with Crippen LogP contribution in [-0.4, -0.2) is 38.5 Å². The van der Waals surface area contributed by atoms with Crippen molar-refractivity contribution in [2.45, 2.75) is 33.1 Å². The number of carbonyl (C=O) groups is 1. The van der Waals surface area contributed by atoms with Gasteiger partial charge in [0, 0.05) is 38.2 Å². The molecule has 0 fully saturated rings. The Bertz CT molecular complexity index is 801. The number of guanidine groups is 1. The van der Waals surface area contributed by atoms with E-state index in [2.05, 4.69) is 61.0 Å². The molecule has 150 valence electrons. The summed E-state index contributed by atoms with van der Waals surface area (Å²) in [6.07, 6.45) is 0.822. The van der Waals surface area contributed by atoms with Crippen molar-refractivity contribution in [3.05, 3.63) is 70.8 Å². The molecule has 0 radical (unpaired) electrons. The summed E-state index contributed by atoms with van der Waals surface area (Å²) in [7, 11) is 1.65. The number of aryl methyl sites for hydroxylation is 1. The van der Waals surface area contributed by atoms with Gasteiger partial charge >= 0.3 is 0 Å². The molecule has 0 aliphatic rings. The highest BCUT2D eigenvalue weighted by atomic mass is 16.1. The van der Waals surface area contributed by atoms with Crippen LogP contribution in [0, 0.1) is 6.92 Å². The molecule has 5 nitrogen and oxygen atoms in total. The lowest BCUT2D eigenvalue weighted by molar-refractivity contribution is 0.0963. The highest BCUT2D eigenvalue weighted by Crippen LogP contribution is 2.16. The normalized spacial score (nSPS) is 12.4. The Morgan fingerprint density at radius 1 is 1.11 bits per heavy atom. The van der Waals surface area contributed by atoms with E-state index in [1.807, 2.05) is 24.3 Å². The van der Waals surface area contributed by atoms with Gasteiger partial charge < -0.3 is 16.0 Å². The van der Waals surface area contributed by atoms with E-state index in [1.54, 1.807) is 7.05 Å². The SMILES string of the molecule is CCNC(=NCC(C)c1cccc(C)c1)NCCc1cccc(C(=O)NC)c1. The third kappa shape index (κ3) is 6.72. The van der Waals surface area contributed by atoms with Gasteiger partial charge in [-0.1, -0.05) is 48.9 Å². The highest BCUT2D eigenvalue weighted by Gasteiger charge is 2.07. The number of amides is 1. The van der Waals surface area contributed by atoms with Gasteiger partial charge in [-0.05, 0) is 43.5 Å². The van der Waals surface area contributed by atoms with Crippen molar-refractivity contribution in [1.29, 1.82) is 0 Å². The molecule has 28 heavy (non-hydrogen) atoms. The van der Waals surface area contributed by atoms with Crippen LogP contribution in [0.5, 0.6) is 0 Å². The highest BCUT2D eigenvalue weighted by molar-refractivity contribution is 5.94. The molecule has 0 aliphatic carbocycles. The predicted molar refractivity (Wildman–Crippen MR) is 117 cm³/mol. The molecule has 0 saturated heterocycles. The fraction of sp³-hybridized carbons (Fsp3) is 0.391. The molecule has 0 spiro atoms. The third-order valence-electron chi connectivity index (χ3n) is 4.60. The van der Waals surface area contributed by atoms with E-state index < -0.39 is 0 Å². The lowest BCUT2D eigenvalue weighted by Crippen LogP contribution is -2.38. The zero-order chi connectivity index (χ0) is 20.4. The molecule has 1 amide bonds. The summed E-state index contributed by atoms with van der Waals surface area (Å²) in [6, 6.07) is 16.3. The maximum absolute atomic E-state index is 11.8. The minimum absolute atomic E-state index is 0.0603. The fourth-order valence-corrected chi connectivity index (χ4v) is 2.99. The molecule has 2 aromatic rings. The molecule has 0 aromatic heterocycles. The van der Waals surface area contributed by atoms with Gasteiger partial charge in [-0.15, -0.1) is 0 Å². The first-order valence-corrected chi connectivity index (χ1v) is 9.93. The average Bonchev–Trinajstić information content (AvgIpc) is 2.71. The number of hydrogen-bond donors (Lipinski definition) is 3. The summed E-state index contributed by atoms with van der Waals surface area (Å²) >= 11 is 0. The largest absolute Gasteiger partial charge is 0.357 e. The van der Waals surface area contributed by atoms with E-state index in [-0.39, 0.29) is 5.91 Å². The number of nitrogens with one attached hydrogen (secondary N) is 3. The summed E-state index contributed by atoms with van der Waals surface area (Å²) in [4.78, 5) is 16.5. The first kappa shape index (κ1) is 21.5. The molecule has 2 rings (SSSR count). The van der Waals surface area contributed by atoms with E-state index in [0.29, 0.717) is 11.5 Å². The van der Waals surface area contributed by atoms with E-state index in [9.17, 15) is 4.79 Å². The van der Waals surface area contributed by atoms with Crippen LogP contribution in [0.2, 0.25) is 0 Å². The standard InChI is InChI=1S/C23H32N4O/c1-5-25-23(27-16-18(3)20-10-6-8-17(2)14-20)26-13-12-19-9-7-11-21(15-19)22(28)24-4/h6-11,14-15,18H,5,12-13,16H2,1-4H3,(H,24,28)(H2,25,26,27). The molecule has 0 heterocycles. The minimum atomic E-state index is -0.0603. The van der Waals surface area contributed by atoms with Gasteiger partial charge in [0.25, 0.3) is 5.91 Å². The van der Waals surface area contributed by atoms with E-state index in [4.69, 9.17) is 4.99 Å². The van der Waals surface area contributed by atoms with Crippen molar-refractivity contribution in [3.63, 3.8) is 0 Å². The summed E-state index contributed by atoms with van der Waals surface area (Å²) < 4.78 is 0.